The van der Waals surface area contributed by atoms with Gasteiger partial charge in [0.15, 0.2) is 11.6 Å². The summed E-state index contributed by atoms with van der Waals surface area (Å²) in [5.41, 5.74) is 2.79. The standard InChI is InChI=1S/C28H36F2O/c1-3-5-7-9-24-16-19-26(28(30)27(24)29)23-12-10-21(11-13-23)22-14-17-25(18-15-22)31-20-8-6-4-2/h3,5,10-13,16,19,22,25H,4,6-9,14-15,17-18,20H2,1-2H3/b5-3+. The number of ether oxygens (including phenoxy) is 1. The Kier molecular flexibility index (Phi) is 9.27. The van der Waals surface area contributed by atoms with Gasteiger partial charge < -0.3 is 4.74 Å². The molecule has 0 N–H and O–H groups in total. The van der Waals surface area contributed by atoms with Crippen molar-refractivity contribution in [1.29, 1.82) is 0 Å². The summed E-state index contributed by atoms with van der Waals surface area (Å²) in [6.45, 7) is 5.02. The van der Waals surface area contributed by atoms with Crippen molar-refractivity contribution in [2.24, 2.45) is 0 Å². The maximum atomic E-state index is 14.7. The molecule has 0 amide bonds. The third-order valence-electron chi connectivity index (χ3n) is 6.45. The van der Waals surface area contributed by atoms with Crippen molar-refractivity contribution in [3.63, 3.8) is 0 Å². The summed E-state index contributed by atoms with van der Waals surface area (Å²) in [6.07, 6.45) is 13.6. The predicted molar refractivity (Wildman–Crippen MR) is 125 cm³/mol. The van der Waals surface area contributed by atoms with Crippen LogP contribution in [0.5, 0.6) is 0 Å². The minimum Gasteiger partial charge on any atom is -0.378 e. The largest absolute Gasteiger partial charge is 0.378 e. The number of unbranched alkanes of at least 4 members (excludes halogenated alkanes) is 2. The molecule has 1 nitrogen and oxygen atoms in total. The first kappa shape index (κ1) is 23.7. The van der Waals surface area contributed by atoms with E-state index in [0.717, 1.165) is 44.3 Å². The fourth-order valence-corrected chi connectivity index (χ4v) is 4.51. The molecule has 1 fully saturated rings. The normalized spacial score (nSPS) is 19.2. The van der Waals surface area contributed by atoms with Gasteiger partial charge in [-0.15, -0.1) is 0 Å². The van der Waals surface area contributed by atoms with E-state index in [-0.39, 0.29) is 0 Å². The first-order valence-corrected chi connectivity index (χ1v) is 11.9. The summed E-state index contributed by atoms with van der Waals surface area (Å²) in [6, 6.07) is 11.5. The van der Waals surface area contributed by atoms with Gasteiger partial charge in [-0.3, -0.25) is 0 Å². The molecule has 2 aromatic rings. The molecular weight excluding hydrogens is 390 g/mol. The Morgan fingerprint density at radius 1 is 0.935 bits per heavy atom. The maximum absolute atomic E-state index is 14.7. The average molecular weight is 427 g/mol. The van der Waals surface area contributed by atoms with Gasteiger partial charge in [0, 0.05) is 12.2 Å². The van der Waals surface area contributed by atoms with E-state index in [4.69, 9.17) is 4.74 Å². The van der Waals surface area contributed by atoms with Crippen LogP contribution < -0.4 is 0 Å². The van der Waals surface area contributed by atoms with Gasteiger partial charge in [-0.1, -0.05) is 68.3 Å². The van der Waals surface area contributed by atoms with Gasteiger partial charge in [-0.25, -0.2) is 8.78 Å². The van der Waals surface area contributed by atoms with E-state index in [1.54, 1.807) is 12.1 Å². The number of hydrogen-bond donors (Lipinski definition) is 0. The molecule has 0 aromatic heterocycles. The van der Waals surface area contributed by atoms with Gasteiger partial charge in [0.25, 0.3) is 0 Å². The fourth-order valence-electron chi connectivity index (χ4n) is 4.51. The van der Waals surface area contributed by atoms with Crippen molar-refractivity contribution in [3.8, 4) is 11.1 Å². The first-order chi connectivity index (χ1) is 15.1. The molecule has 0 bridgehead atoms. The van der Waals surface area contributed by atoms with Crippen molar-refractivity contribution in [2.75, 3.05) is 6.61 Å². The fraction of sp³-hybridized carbons (Fsp3) is 0.500. The SMILES string of the molecule is C/C=C/CCc1ccc(-c2ccc(C3CCC(OCCCCC)CC3)cc2)c(F)c1F. The molecule has 3 heteroatoms. The van der Waals surface area contributed by atoms with Crippen LogP contribution in [0.1, 0.15) is 82.3 Å². The van der Waals surface area contributed by atoms with Crippen molar-refractivity contribution in [3.05, 3.63) is 71.3 Å². The quantitative estimate of drug-likeness (QED) is 0.274. The maximum Gasteiger partial charge on any atom is 0.166 e. The van der Waals surface area contributed by atoms with Gasteiger partial charge in [0.05, 0.1) is 6.10 Å². The number of allylic oxidation sites excluding steroid dienone is 2. The van der Waals surface area contributed by atoms with Gasteiger partial charge in [-0.05, 0) is 74.5 Å². The number of benzene rings is 2. The van der Waals surface area contributed by atoms with E-state index in [9.17, 15) is 8.78 Å². The minimum absolute atomic E-state index is 0.336. The van der Waals surface area contributed by atoms with Crippen LogP contribution in [-0.4, -0.2) is 12.7 Å². The van der Waals surface area contributed by atoms with Crippen LogP contribution in [0.3, 0.4) is 0 Å². The first-order valence-electron chi connectivity index (χ1n) is 11.9. The molecule has 0 heterocycles. The molecule has 1 aliphatic carbocycles. The van der Waals surface area contributed by atoms with Gasteiger partial charge >= 0.3 is 0 Å². The number of aryl methyl sites for hydroxylation is 1. The summed E-state index contributed by atoms with van der Waals surface area (Å²) < 4.78 is 35.2. The molecule has 0 atom stereocenters. The highest BCUT2D eigenvalue weighted by molar-refractivity contribution is 5.65. The lowest BCUT2D eigenvalue weighted by Gasteiger charge is -2.29. The molecule has 168 valence electrons. The predicted octanol–water partition coefficient (Wildman–Crippen LogP) is 8.37. The van der Waals surface area contributed by atoms with Crippen LogP contribution in [-0.2, 0) is 11.2 Å². The van der Waals surface area contributed by atoms with Crippen molar-refractivity contribution in [2.45, 2.75) is 83.7 Å². The monoisotopic (exact) mass is 426 g/mol. The highest BCUT2D eigenvalue weighted by atomic mass is 19.2. The summed E-state index contributed by atoms with van der Waals surface area (Å²) in [4.78, 5) is 0. The van der Waals surface area contributed by atoms with Crippen LogP contribution in [0, 0.1) is 11.6 Å². The van der Waals surface area contributed by atoms with Gasteiger partial charge in [0.1, 0.15) is 0 Å². The Hall–Kier alpha value is -2.00. The second-order valence-electron chi connectivity index (χ2n) is 8.68. The summed E-state index contributed by atoms with van der Waals surface area (Å²) in [5.74, 6) is -0.935. The lowest BCUT2D eigenvalue weighted by molar-refractivity contribution is 0.0227. The average Bonchev–Trinajstić information content (AvgIpc) is 2.80. The molecule has 2 aromatic carbocycles. The number of rotatable bonds is 10. The molecule has 0 aliphatic heterocycles. The lowest BCUT2D eigenvalue weighted by atomic mass is 9.82. The zero-order valence-corrected chi connectivity index (χ0v) is 19.0. The van der Waals surface area contributed by atoms with Crippen molar-refractivity contribution < 1.29 is 13.5 Å². The molecule has 1 aliphatic rings. The zero-order valence-electron chi connectivity index (χ0n) is 19.0. The molecular formula is C28H36F2O. The second kappa shape index (κ2) is 12.1. The second-order valence-corrected chi connectivity index (χ2v) is 8.68. The van der Waals surface area contributed by atoms with Crippen LogP contribution in [0.4, 0.5) is 8.78 Å². The third kappa shape index (κ3) is 6.49. The Morgan fingerprint density at radius 2 is 1.68 bits per heavy atom. The van der Waals surface area contributed by atoms with E-state index < -0.39 is 11.6 Å². The molecule has 1 saturated carbocycles. The Balaban J connectivity index is 1.59. The van der Waals surface area contributed by atoms with Crippen LogP contribution in [0.15, 0.2) is 48.6 Å². The number of hydrogen-bond acceptors (Lipinski definition) is 1. The van der Waals surface area contributed by atoms with E-state index in [0.29, 0.717) is 36.0 Å². The highest BCUT2D eigenvalue weighted by Gasteiger charge is 2.23. The van der Waals surface area contributed by atoms with Crippen LogP contribution >= 0.6 is 0 Å². The zero-order chi connectivity index (χ0) is 22.1. The van der Waals surface area contributed by atoms with E-state index in [1.807, 2.05) is 31.2 Å². The number of halogens is 2. The summed E-state index contributed by atoms with van der Waals surface area (Å²) in [5, 5.41) is 0. The van der Waals surface area contributed by atoms with Gasteiger partial charge in [0.2, 0.25) is 0 Å². The minimum atomic E-state index is -0.744. The third-order valence-corrected chi connectivity index (χ3v) is 6.45. The molecule has 0 spiro atoms. The van der Waals surface area contributed by atoms with Crippen LogP contribution in [0.25, 0.3) is 11.1 Å². The van der Waals surface area contributed by atoms with Crippen LogP contribution in [0.2, 0.25) is 0 Å². The Labute approximate surface area is 186 Å². The Bertz CT molecular complexity index is 833. The smallest absolute Gasteiger partial charge is 0.166 e. The molecule has 3 rings (SSSR count). The van der Waals surface area contributed by atoms with E-state index in [1.165, 1.54) is 18.4 Å². The molecule has 0 radical (unpaired) electrons. The lowest BCUT2D eigenvalue weighted by Crippen LogP contribution is -2.21. The topological polar surface area (TPSA) is 9.23 Å². The highest BCUT2D eigenvalue weighted by Crippen LogP contribution is 2.35. The van der Waals surface area contributed by atoms with Crippen molar-refractivity contribution in [1.82, 2.24) is 0 Å². The summed E-state index contributed by atoms with van der Waals surface area (Å²) >= 11 is 0. The Morgan fingerprint density at radius 3 is 2.35 bits per heavy atom. The molecule has 0 unspecified atom stereocenters. The summed E-state index contributed by atoms with van der Waals surface area (Å²) in [7, 11) is 0. The molecule has 31 heavy (non-hydrogen) atoms. The van der Waals surface area contributed by atoms with Gasteiger partial charge in [-0.2, -0.15) is 0 Å². The molecule has 0 saturated heterocycles. The van der Waals surface area contributed by atoms with E-state index >= 15 is 0 Å². The van der Waals surface area contributed by atoms with Crippen molar-refractivity contribution >= 4 is 0 Å². The van der Waals surface area contributed by atoms with E-state index in [2.05, 4.69) is 19.1 Å².